The van der Waals surface area contributed by atoms with E-state index in [0.717, 1.165) is 59.6 Å². The highest BCUT2D eigenvalue weighted by atomic mass is 16.1. The van der Waals surface area contributed by atoms with E-state index in [0.29, 0.717) is 0 Å². The van der Waals surface area contributed by atoms with E-state index in [4.69, 9.17) is 0 Å². The van der Waals surface area contributed by atoms with E-state index in [9.17, 15) is 4.79 Å². The first-order valence-corrected chi connectivity index (χ1v) is 10.2. The van der Waals surface area contributed by atoms with E-state index in [1.54, 1.807) is 0 Å². The number of likely N-dealkylation sites (N-methyl/N-ethyl adjacent to an activating group) is 1. The molecule has 5 rings (SSSR count). The molecule has 1 heterocycles. The second-order valence-electron chi connectivity index (χ2n) is 7.83. The molecule has 29 heavy (non-hydrogen) atoms. The average Bonchev–Trinajstić information content (AvgIpc) is 3.08. The van der Waals surface area contributed by atoms with Crippen molar-refractivity contribution in [3.05, 3.63) is 101 Å². The van der Waals surface area contributed by atoms with Gasteiger partial charge in [0.2, 0.25) is 0 Å². The molecule has 1 aliphatic carbocycles. The topological polar surface area (TPSA) is 23.6 Å². The van der Waals surface area contributed by atoms with Crippen LogP contribution in [0.25, 0.3) is 11.1 Å². The third-order valence-electron chi connectivity index (χ3n) is 6.00. The predicted molar refractivity (Wildman–Crippen MR) is 119 cm³/mol. The number of fused-ring (bicyclic) bond motifs is 1. The molecule has 1 aliphatic heterocycles. The van der Waals surface area contributed by atoms with Crippen LogP contribution in [0.15, 0.2) is 78.9 Å². The van der Waals surface area contributed by atoms with Crippen LogP contribution in [0.1, 0.15) is 27.0 Å². The number of nitrogens with zero attached hydrogens (tertiary/aromatic N) is 2. The van der Waals surface area contributed by atoms with Crippen LogP contribution in [0.2, 0.25) is 0 Å². The first-order chi connectivity index (χ1) is 14.2. The Bertz CT molecular complexity index is 1080. The lowest BCUT2D eigenvalue weighted by atomic mass is 9.94. The van der Waals surface area contributed by atoms with E-state index >= 15 is 0 Å². The number of carbonyl (C=O) groups is 1. The van der Waals surface area contributed by atoms with Crippen LogP contribution in [0.4, 0.5) is 5.69 Å². The zero-order chi connectivity index (χ0) is 19.8. The largest absolute Gasteiger partial charge is 0.369 e. The van der Waals surface area contributed by atoms with E-state index < -0.39 is 0 Å². The van der Waals surface area contributed by atoms with Gasteiger partial charge in [-0.15, -0.1) is 0 Å². The van der Waals surface area contributed by atoms with Gasteiger partial charge in [-0.2, -0.15) is 0 Å². The van der Waals surface area contributed by atoms with Crippen molar-refractivity contribution in [1.29, 1.82) is 0 Å². The zero-order valence-electron chi connectivity index (χ0n) is 16.6. The maximum absolute atomic E-state index is 13.3. The van der Waals surface area contributed by atoms with Gasteiger partial charge in [-0.3, -0.25) is 4.79 Å². The Labute approximate surface area is 171 Å². The van der Waals surface area contributed by atoms with Gasteiger partial charge in [0.25, 0.3) is 0 Å². The predicted octanol–water partition coefficient (Wildman–Crippen LogP) is 4.59. The van der Waals surface area contributed by atoms with Gasteiger partial charge < -0.3 is 9.80 Å². The summed E-state index contributed by atoms with van der Waals surface area (Å²) in [6.07, 6.45) is 0. The molecule has 3 nitrogen and oxygen atoms in total. The highest BCUT2D eigenvalue weighted by Gasteiger charge is 2.31. The average molecular weight is 380 g/mol. The lowest BCUT2D eigenvalue weighted by Gasteiger charge is -2.34. The number of allylic oxidation sites excluding steroid dienone is 1. The molecule has 3 aromatic carbocycles. The van der Waals surface area contributed by atoms with Crippen LogP contribution in [0.3, 0.4) is 0 Å². The Morgan fingerprint density at radius 3 is 1.90 bits per heavy atom. The molecule has 0 saturated carbocycles. The van der Waals surface area contributed by atoms with Crippen molar-refractivity contribution in [1.82, 2.24) is 4.90 Å². The normalized spacial score (nSPS) is 17.0. The standard InChI is InChI=1S/C26H24N2O/c1-27-15-17-28(18-16-27)21-13-11-20(12-14-21)25-24(19-7-3-2-4-8-19)22-9-5-6-10-23(22)26(25)29/h2-14H,15-18H2,1H3. The Morgan fingerprint density at radius 2 is 1.21 bits per heavy atom. The molecule has 0 atom stereocenters. The fourth-order valence-electron chi connectivity index (χ4n) is 4.37. The van der Waals surface area contributed by atoms with Crippen molar-refractivity contribution in [3.63, 3.8) is 0 Å². The third-order valence-corrected chi connectivity index (χ3v) is 6.00. The van der Waals surface area contributed by atoms with Gasteiger partial charge in [0.1, 0.15) is 0 Å². The molecule has 0 bridgehead atoms. The number of benzene rings is 3. The van der Waals surface area contributed by atoms with Gasteiger partial charge in [0.15, 0.2) is 5.78 Å². The molecule has 0 N–H and O–H groups in total. The molecular formula is C26H24N2O. The SMILES string of the molecule is CN1CCN(c2ccc(C3=C(c4ccccc4)c4ccccc4C3=O)cc2)CC1. The maximum Gasteiger partial charge on any atom is 0.194 e. The van der Waals surface area contributed by atoms with Gasteiger partial charge in [0.05, 0.1) is 0 Å². The van der Waals surface area contributed by atoms with Crippen molar-refractivity contribution in [2.45, 2.75) is 0 Å². The number of ketones is 1. The number of hydrogen-bond acceptors (Lipinski definition) is 3. The smallest absolute Gasteiger partial charge is 0.194 e. The lowest BCUT2D eigenvalue weighted by molar-refractivity contribution is 0.105. The first kappa shape index (κ1) is 17.9. The molecule has 1 saturated heterocycles. The van der Waals surface area contributed by atoms with E-state index in [-0.39, 0.29) is 5.78 Å². The molecule has 0 radical (unpaired) electrons. The Morgan fingerprint density at radius 1 is 0.621 bits per heavy atom. The fraction of sp³-hybridized carbons (Fsp3) is 0.192. The Hall–Kier alpha value is -3.17. The summed E-state index contributed by atoms with van der Waals surface area (Å²) in [5.74, 6) is 0.117. The quantitative estimate of drug-likeness (QED) is 0.664. The zero-order valence-corrected chi connectivity index (χ0v) is 16.6. The van der Waals surface area contributed by atoms with Crippen LogP contribution in [0, 0.1) is 0 Å². The molecular weight excluding hydrogens is 356 g/mol. The van der Waals surface area contributed by atoms with Gasteiger partial charge in [0, 0.05) is 48.6 Å². The van der Waals surface area contributed by atoms with Crippen LogP contribution in [0.5, 0.6) is 0 Å². The van der Waals surface area contributed by atoms with Crippen molar-refractivity contribution in [2.24, 2.45) is 0 Å². The van der Waals surface area contributed by atoms with Gasteiger partial charge in [-0.05, 0) is 35.9 Å². The maximum atomic E-state index is 13.3. The monoisotopic (exact) mass is 380 g/mol. The molecule has 0 unspecified atom stereocenters. The summed E-state index contributed by atoms with van der Waals surface area (Å²) in [7, 11) is 2.17. The summed E-state index contributed by atoms with van der Waals surface area (Å²) in [5.41, 5.74) is 6.98. The highest BCUT2D eigenvalue weighted by Crippen LogP contribution is 2.42. The number of carbonyl (C=O) groups excluding carboxylic acids is 1. The van der Waals surface area contributed by atoms with Crippen molar-refractivity contribution >= 4 is 22.6 Å². The van der Waals surface area contributed by atoms with Crippen LogP contribution >= 0.6 is 0 Å². The highest BCUT2D eigenvalue weighted by molar-refractivity contribution is 6.41. The summed E-state index contributed by atoms with van der Waals surface area (Å²) in [6, 6.07) is 26.7. The molecule has 0 aromatic heterocycles. The van der Waals surface area contributed by atoms with E-state index in [1.807, 2.05) is 36.4 Å². The van der Waals surface area contributed by atoms with Crippen LogP contribution in [-0.2, 0) is 0 Å². The second-order valence-corrected chi connectivity index (χ2v) is 7.83. The minimum atomic E-state index is 0.117. The molecule has 144 valence electrons. The van der Waals surface area contributed by atoms with Crippen molar-refractivity contribution in [2.75, 3.05) is 38.1 Å². The van der Waals surface area contributed by atoms with Crippen molar-refractivity contribution in [3.8, 4) is 0 Å². The van der Waals surface area contributed by atoms with Crippen LogP contribution < -0.4 is 4.90 Å². The number of hydrogen-bond donors (Lipinski definition) is 0. The lowest BCUT2D eigenvalue weighted by Crippen LogP contribution is -2.44. The summed E-state index contributed by atoms with van der Waals surface area (Å²) in [4.78, 5) is 18.1. The summed E-state index contributed by atoms with van der Waals surface area (Å²) < 4.78 is 0. The number of Topliss-reactive ketones (excluding diaryl/α,β-unsaturated/α-hetero) is 1. The number of piperazine rings is 1. The molecule has 2 aliphatic rings. The van der Waals surface area contributed by atoms with Gasteiger partial charge in [-0.1, -0.05) is 66.7 Å². The summed E-state index contributed by atoms with van der Waals surface area (Å²) in [6.45, 7) is 4.24. The van der Waals surface area contributed by atoms with E-state index in [2.05, 4.69) is 59.3 Å². The summed E-state index contributed by atoms with van der Waals surface area (Å²) >= 11 is 0. The van der Waals surface area contributed by atoms with E-state index in [1.165, 1.54) is 5.69 Å². The number of anilines is 1. The van der Waals surface area contributed by atoms with Crippen molar-refractivity contribution < 1.29 is 4.79 Å². The Balaban J connectivity index is 1.57. The molecule has 1 fully saturated rings. The van der Waals surface area contributed by atoms with Crippen LogP contribution in [-0.4, -0.2) is 43.9 Å². The second kappa shape index (κ2) is 7.34. The Kier molecular flexibility index (Phi) is 4.53. The number of rotatable bonds is 3. The fourth-order valence-corrected chi connectivity index (χ4v) is 4.37. The van der Waals surface area contributed by atoms with Gasteiger partial charge >= 0.3 is 0 Å². The summed E-state index contributed by atoms with van der Waals surface area (Å²) in [5, 5.41) is 0. The first-order valence-electron chi connectivity index (χ1n) is 10.2. The van der Waals surface area contributed by atoms with Gasteiger partial charge in [-0.25, -0.2) is 0 Å². The molecule has 0 amide bonds. The molecule has 3 aromatic rings. The minimum absolute atomic E-state index is 0.117. The molecule has 3 heteroatoms. The third kappa shape index (κ3) is 3.18. The molecule has 0 spiro atoms. The minimum Gasteiger partial charge on any atom is -0.369 e.